The van der Waals surface area contributed by atoms with Gasteiger partial charge in [-0.05, 0) is 53.6 Å². The van der Waals surface area contributed by atoms with Gasteiger partial charge in [0.25, 0.3) is 0 Å². The average molecular weight is 653 g/mol. The van der Waals surface area contributed by atoms with Crippen LogP contribution in [0.4, 0.5) is 11.4 Å². The maximum Gasteiger partial charge on any atom is 0.235 e. The Morgan fingerprint density at radius 2 is 1.29 bits per heavy atom. The molecule has 0 amide bonds. The number of hydrogen-bond acceptors (Lipinski definition) is 2. The van der Waals surface area contributed by atoms with Crippen LogP contribution in [0, 0.1) is 0 Å². The normalized spacial score (nSPS) is 15.0. The molecule has 2 aliphatic rings. The van der Waals surface area contributed by atoms with E-state index in [4.69, 9.17) is 0 Å². The van der Waals surface area contributed by atoms with E-state index in [-0.39, 0.29) is 6.04 Å². The van der Waals surface area contributed by atoms with Crippen molar-refractivity contribution < 1.29 is 0 Å². The Morgan fingerprint density at radius 3 is 2.06 bits per heavy atom. The van der Waals surface area contributed by atoms with Crippen LogP contribution in [0.5, 0.6) is 0 Å². The van der Waals surface area contributed by atoms with Crippen molar-refractivity contribution in [1.82, 2.24) is 23.7 Å². The third kappa shape index (κ3) is 4.06. The van der Waals surface area contributed by atoms with Gasteiger partial charge in [-0.3, -0.25) is 9.97 Å². The molecule has 1 unspecified atom stereocenters. The summed E-state index contributed by atoms with van der Waals surface area (Å²) in [6.07, 6.45) is 16.5. The molecule has 238 valence electrons. The molecule has 0 saturated carbocycles. The maximum absolute atomic E-state index is 4.47. The van der Waals surface area contributed by atoms with Gasteiger partial charge in [-0.25, -0.2) is 0 Å². The molecule has 0 N–H and O–H groups in total. The fourth-order valence-electron chi connectivity index (χ4n) is 8.45. The molecule has 0 bridgehead atoms. The number of rotatable bonds is 4. The van der Waals surface area contributed by atoms with Gasteiger partial charge in [0.15, 0.2) is 0 Å². The van der Waals surface area contributed by atoms with Crippen LogP contribution in [-0.4, -0.2) is 24.8 Å². The molecule has 5 nitrogen and oxygen atoms in total. The minimum atomic E-state index is 0.000735. The molecule has 0 radical (unpaired) electrons. The minimum absolute atomic E-state index is 0.000735. The number of benzene rings is 5. The highest BCUT2D eigenvalue weighted by Gasteiger charge is 2.38. The van der Waals surface area contributed by atoms with Crippen LogP contribution >= 0.6 is 0 Å². The highest BCUT2D eigenvalue weighted by Crippen LogP contribution is 2.47. The van der Waals surface area contributed by atoms with Crippen molar-refractivity contribution in [3.8, 4) is 27.9 Å². The molecule has 1 aliphatic heterocycles. The van der Waals surface area contributed by atoms with Gasteiger partial charge in [0.05, 0.1) is 16.6 Å². The number of para-hydroxylation sites is 3. The molecule has 4 aromatic heterocycles. The first-order chi connectivity index (χ1) is 25.3. The van der Waals surface area contributed by atoms with Crippen molar-refractivity contribution >= 4 is 60.7 Å². The molecule has 9 aromatic rings. The summed E-state index contributed by atoms with van der Waals surface area (Å²) in [5, 5.41) is 5.04. The number of allylic oxidation sites excluding steroid dienone is 4. The molecule has 1 aliphatic carbocycles. The average Bonchev–Trinajstić information content (AvgIpc) is 3.73. The number of nitrogens with zero attached hydrogens (tertiary/aromatic N) is 5. The fourth-order valence-corrected chi connectivity index (χ4v) is 8.45. The van der Waals surface area contributed by atoms with Crippen LogP contribution in [0.25, 0.3) is 71.6 Å². The van der Waals surface area contributed by atoms with E-state index in [9.17, 15) is 0 Å². The van der Waals surface area contributed by atoms with E-state index >= 15 is 0 Å². The van der Waals surface area contributed by atoms with E-state index in [0.29, 0.717) is 0 Å². The molecule has 0 spiro atoms. The predicted molar refractivity (Wildman–Crippen MR) is 210 cm³/mol. The zero-order valence-corrected chi connectivity index (χ0v) is 27.6. The highest BCUT2D eigenvalue weighted by atomic mass is 15.2. The molecular weight excluding hydrogens is 623 g/mol. The van der Waals surface area contributed by atoms with Gasteiger partial charge in [0.1, 0.15) is 11.6 Å². The summed E-state index contributed by atoms with van der Waals surface area (Å²) in [6, 6.07) is 46.1. The van der Waals surface area contributed by atoms with Crippen LogP contribution in [0.2, 0.25) is 0 Å². The Hall–Kier alpha value is -6.85. The van der Waals surface area contributed by atoms with Crippen LogP contribution < -0.4 is 4.58 Å². The largest absolute Gasteiger partial charge is 0.318 e. The van der Waals surface area contributed by atoms with Crippen LogP contribution in [0.3, 0.4) is 0 Å². The maximum atomic E-state index is 4.47. The second-order valence-corrected chi connectivity index (χ2v) is 13.3. The molecule has 5 aromatic carbocycles. The summed E-state index contributed by atoms with van der Waals surface area (Å²) in [5.74, 6) is 0. The number of fused-ring (bicyclic) bond motifs is 9. The highest BCUT2D eigenvalue weighted by molar-refractivity contribution is 6.28. The van der Waals surface area contributed by atoms with Gasteiger partial charge >= 0.3 is 0 Å². The van der Waals surface area contributed by atoms with Gasteiger partial charge in [0.2, 0.25) is 17.1 Å². The number of hydrogen-bond donors (Lipinski definition) is 0. The quantitative estimate of drug-likeness (QED) is 0.178. The Balaban J connectivity index is 1.26. The Labute approximate surface area is 294 Å². The SMILES string of the molecule is C1=CC2=[N+](c3cc(-c4cccnc4)cc(-c4cccnc4)c3)c3cccc4c5c6c(ccc5n(c34)C2C=C1)c1ccccc1n6-c1ccccc1. The molecule has 0 fully saturated rings. The van der Waals surface area contributed by atoms with E-state index < -0.39 is 0 Å². The minimum Gasteiger partial charge on any atom is -0.318 e. The van der Waals surface area contributed by atoms with Crippen LogP contribution in [-0.2, 0) is 0 Å². The van der Waals surface area contributed by atoms with E-state index in [0.717, 1.165) is 39.3 Å². The summed E-state index contributed by atoms with van der Waals surface area (Å²) in [5.41, 5.74) is 13.9. The fraction of sp³-hybridized carbons (Fsp3) is 0.0217. The van der Waals surface area contributed by atoms with E-state index in [1.807, 2.05) is 36.9 Å². The Morgan fingerprint density at radius 1 is 0.549 bits per heavy atom. The van der Waals surface area contributed by atoms with Crippen molar-refractivity contribution in [3.63, 3.8) is 0 Å². The number of aromatic nitrogens is 4. The predicted octanol–water partition coefficient (Wildman–Crippen LogP) is 11.0. The summed E-state index contributed by atoms with van der Waals surface area (Å²) < 4.78 is 7.48. The lowest BCUT2D eigenvalue weighted by Gasteiger charge is -2.25. The standard InChI is InChI=1S/C46H30N5/c1-2-13-34(14-3-1)50-39-17-5-4-15-36(39)37-21-22-42-44(46(37)50)38-16-8-20-43-45(38)51(42)41-19-7-6-18-40(41)49(43)35-26-32(30-11-9-23-47-28-30)25-33(27-35)31-12-10-24-48-29-31/h1-29,41H/q+1. The third-order valence-corrected chi connectivity index (χ3v) is 10.5. The van der Waals surface area contributed by atoms with Gasteiger partial charge < -0.3 is 9.13 Å². The Kier molecular flexibility index (Phi) is 5.95. The zero-order chi connectivity index (χ0) is 33.5. The van der Waals surface area contributed by atoms with E-state index in [2.05, 4.69) is 163 Å². The zero-order valence-electron chi connectivity index (χ0n) is 27.6. The summed E-state index contributed by atoms with van der Waals surface area (Å²) in [6.45, 7) is 0. The molecular formula is C46H30N5+. The first-order valence-electron chi connectivity index (χ1n) is 17.4. The lowest BCUT2D eigenvalue weighted by Crippen LogP contribution is -2.30. The van der Waals surface area contributed by atoms with Gasteiger partial charge in [-0.2, -0.15) is 4.58 Å². The van der Waals surface area contributed by atoms with Gasteiger partial charge in [-0.1, -0.05) is 85.0 Å². The first kappa shape index (κ1) is 28.0. The van der Waals surface area contributed by atoms with E-state index in [1.54, 1.807) is 0 Å². The number of pyridine rings is 2. The van der Waals surface area contributed by atoms with Gasteiger partial charge in [0, 0.05) is 87.4 Å². The monoisotopic (exact) mass is 652 g/mol. The molecule has 1 atom stereocenters. The topological polar surface area (TPSA) is 38.6 Å². The second kappa shape index (κ2) is 10.8. The third-order valence-electron chi connectivity index (χ3n) is 10.5. The first-order valence-corrected chi connectivity index (χ1v) is 17.4. The van der Waals surface area contributed by atoms with Crippen molar-refractivity contribution in [3.05, 3.63) is 176 Å². The van der Waals surface area contributed by atoms with Crippen LogP contribution in [0.15, 0.2) is 176 Å². The lowest BCUT2D eigenvalue weighted by atomic mass is 9.97. The summed E-state index contributed by atoms with van der Waals surface area (Å²) >= 11 is 0. The van der Waals surface area contributed by atoms with Crippen molar-refractivity contribution in [1.29, 1.82) is 0 Å². The molecule has 11 rings (SSSR count). The molecule has 5 heterocycles. The molecule has 0 saturated heterocycles. The smallest absolute Gasteiger partial charge is 0.235 e. The van der Waals surface area contributed by atoms with Crippen molar-refractivity contribution in [2.45, 2.75) is 6.04 Å². The van der Waals surface area contributed by atoms with E-state index in [1.165, 1.54) is 49.3 Å². The lowest BCUT2D eigenvalue weighted by molar-refractivity contribution is 0.781. The van der Waals surface area contributed by atoms with Crippen LogP contribution in [0.1, 0.15) is 6.04 Å². The van der Waals surface area contributed by atoms with Crippen molar-refractivity contribution in [2.75, 3.05) is 0 Å². The summed E-state index contributed by atoms with van der Waals surface area (Å²) in [4.78, 5) is 8.94. The molecule has 5 heteroatoms. The summed E-state index contributed by atoms with van der Waals surface area (Å²) in [7, 11) is 0. The van der Waals surface area contributed by atoms with Gasteiger partial charge in [-0.15, -0.1) is 0 Å². The second-order valence-electron chi connectivity index (χ2n) is 13.3. The Bertz CT molecular complexity index is 2890. The molecule has 51 heavy (non-hydrogen) atoms. The van der Waals surface area contributed by atoms with Crippen molar-refractivity contribution in [2.24, 2.45) is 0 Å².